The summed E-state index contributed by atoms with van der Waals surface area (Å²) in [6.07, 6.45) is 0. The van der Waals surface area contributed by atoms with Crippen molar-refractivity contribution < 1.29 is 13.2 Å². The zero-order chi connectivity index (χ0) is 14.8. The van der Waals surface area contributed by atoms with Gasteiger partial charge in [0.1, 0.15) is 4.90 Å². The molecule has 20 heavy (non-hydrogen) atoms. The Balaban J connectivity index is 2.44. The van der Waals surface area contributed by atoms with Gasteiger partial charge in [0.05, 0.1) is 0 Å². The molecular weight excluding hydrogens is 344 g/mol. The van der Waals surface area contributed by atoms with E-state index in [-0.39, 0.29) is 10.5 Å². The van der Waals surface area contributed by atoms with E-state index in [1.54, 1.807) is 30.3 Å². The van der Waals surface area contributed by atoms with Crippen molar-refractivity contribution >= 4 is 37.5 Å². The van der Waals surface area contributed by atoms with Crippen LogP contribution in [0.5, 0.6) is 0 Å². The summed E-state index contributed by atoms with van der Waals surface area (Å²) < 4.78 is 27.4. The van der Waals surface area contributed by atoms with E-state index in [0.29, 0.717) is 10.2 Å². The Bertz CT molecular complexity index is 745. The second kappa shape index (κ2) is 5.64. The Morgan fingerprint density at radius 3 is 2.35 bits per heavy atom. The van der Waals surface area contributed by atoms with Crippen LogP contribution in [0, 0.1) is 0 Å². The number of rotatable bonds is 4. The average Bonchev–Trinajstić information content (AvgIpc) is 2.39. The Labute approximate surface area is 125 Å². The third-order valence-corrected chi connectivity index (χ3v) is 4.91. The average molecular weight is 355 g/mol. The van der Waals surface area contributed by atoms with Gasteiger partial charge >= 0.3 is 0 Å². The maximum atomic E-state index is 12.3. The van der Waals surface area contributed by atoms with Crippen molar-refractivity contribution in [2.75, 3.05) is 4.72 Å². The summed E-state index contributed by atoms with van der Waals surface area (Å²) in [5.74, 6) is -0.686. The largest absolute Gasteiger partial charge is 0.366 e. The molecule has 0 atom stereocenters. The standard InChI is InChI=1S/C13H11BrN2O3S/c14-11-7-6-9(13(15)17)8-12(11)20(18,19)16-10-4-2-1-3-5-10/h1-8,16H,(H2,15,17). The number of nitrogens with one attached hydrogen (secondary N) is 1. The Morgan fingerprint density at radius 2 is 1.75 bits per heavy atom. The number of carbonyl (C=O) groups excluding carboxylic acids is 1. The van der Waals surface area contributed by atoms with Crippen molar-refractivity contribution in [2.24, 2.45) is 5.73 Å². The molecule has 0 radical (unpaired) electrons. The molecule has 0 saturated carbocycles. The second-order valence-corrected chi connectivity index (χ2v) is 6.49. The smallest absolute Gasteiger partial charge is 0.263 e. The number of para-hydroxylation sites is 1. The van der Waals surface area contributed by atoms with Crippen molar-refractivity contribution in [3.05, 3.63) is 58.6 Å². The minimum absolute atomic E-state index is 0.0438. The molecule has 0 aliphatic carbocycles. The van der Waals surface area contributed by atoms with E-state index < -0.39 is 15.9 Å². The molecule has 0 unspecified atom stereocenters. The van der Waals surface area contributed by atoms with Gasteiger partial charge in [0.25, 0.3) is 10.0 Å². The zero-order valence-corrected chi connectivity index (χ0v) is 12.6. The highest BCUT2D eigenvalue weighted by molar-refractivity contribution is 9.10. The Hall–Kier alpha value is -1.86. The number of primary amides is 1. The van der Waals surface area contributed by atoms with E-state index in [4.69, 9.17) is 5.73 Å². The van der Waals surface area contributed by atoms with Crippen LogP contribution in [0.4, 0.5) is 5.69 Å². The van der Waals surface area contributed by atoms with E-state index in [9.17, 15) is 13.2 Å². The van der Waals surface area contributed by atoms with Gasteiger partial charge in [0.2, 0.25) is 5.91 Å². The minimum atomic E-state index is -3.80. The minimum Gasteiger partial charge on any atom is -0.366 e. The summed E-state index contributed by atoms with van der Waals surface area (Å²) in [5.41, 5.74) is 5.72. The number of hydrogen-bond donors (Lipinski definition) is 2. The first kappa shape index (κ1) is 14.5. The predicted octanol–water partition coefficient (Wildman–Crippen LogP) is 2.35. The van der Waals surface area contributed by atoms with Gasteiger partial charge in [-0.15, -0.1) is 0 Å². The molecule has 2 aromatic carbocycles. The van der Waals surface area contributed by atoms with Gasteiger partial charge in [-0.1, -0.05) is 18.2 Å². The second-order valence-electron chi connectivity index (χ2n) is 3.98. The molecule has 104 valence electrons. The topological polar surface area (TPSA) is 89.3 Å². The lowest BCUT2D eigenvalue weighted by molar-refractivity contribution is 0.1000. The van der Waals surface area contributed by atoms with Gasteiger partial charge in [-0.25, -0.2) is 8.42 Å². The third kappa shape index (κ3) is 3.17. The fraction of sp³-hybridized carbons (Fsp3) is 0. The number of carbonyl (C=O) groups is 1. The lowest BCUT2D eigenvalue weighted by Gasteiger charge is -2.10. The maximum absolute atomic E-state index is 12.3. The van der Waals surface area contributed by atoms with E-state index in [1.165, 1.54) is 18.2 Å². The van der Waals surface area contributed by atoms with E-state index >= 15 is 0 Å². The number of anilines is 1. The normalized spacial score (nSPS) is 11.1. The fourth-order valence-corrected chi connectivity index (χ4v) is 3.63. The van der Waals surface area contributed by atoms with Gasteiger partial charge in [-0.3, -0.25) is 9.52 Å². The molecule has 0 aliphatic rings. The highest BCUT2D eigenvalue weighted by Gasteiger charge is 2.19. The molecule has 5 nitrogen and oxygen atoms in total. The molecule has 2 rings (SSSR count). The lowest BCUT2D eigenvalue weighted by Crippen LogP contribution is -2.16. The van der Waals surface area contributed by atoms with Gasteiger partial charge < -0.3 is 5.73 Å². The number of halogens is 1. The first-order valence-electron chi connectivity index (χ1n) is 5.57. The lowest BCUT2D eigenvalue weighted by atomic mass is 10.2. The molecule has 2 aromatic rings. The van der Waals surface area contributed by atoms with Crippen LogP contribution in [-0.2, 0) is 10.0 Å². The van der Waals surface area contributed by atoms with Crippen LogP contribution in [0.15, 0.2) is 57.9 Å². The van der Waals surface area contributed by atoms with Crippen molar-refractivity contribution in [1.82, 2.24) is 0 Å². The predicted molar refractivity (Wildman–Crippen MR) is 79.9 cm³/mol. The molecule has 0 saturated heterocycles. The van der Waals surface area contributed by atoms with Gasteiger partial charge in [0, 0.05) is 15.7 Å². The van der Waals surface area contributed by atoms with Crippen molar-refractivity contribution in [3.63, 3.8) is 0 Å². The zero-order valence-electron chi connectivity index (χ0n) is 10.2. The van der Waals surface area contributed by atoms with Crippen LogP contribution in [0.25, 0.3) is 0 Å². The summed E-state index contributed by atoms with van der Waals surface area (Å²) in [6.45, 7) is 0. The van der Waals surface area contributed by atoms with Crippen LogP contribution in [0.2, 0.25) is 0 Å². The summed E-state index contributed by atoms with van der Waals surface area (Å²) >= 11 is 3.16. The van der Waals surface area contributed by atoms with E-state index in [0.717, 1.165) is 0 Å². The first-order chi connectivity index (χ1) is 9.40. The number of nitrogens with two attached hydrogens (primary N) is 1. The Morgan fingerprint density at radius 1 is 1.10 bits per heavy atom. The van der Waals surface area contributed by atoms with E-state index in [2.05, 4.69) is 20.7 Å². The summed E-state index contributed by atoms with van der Waals surface area (Å²) in [7, 11) is -3.80. The Kier molecular flexibility index (Phi) is 4.10. The van der Waals surface area contributed by atoms with E-state index in [1.807, 2.05) is 0 Å². The molecular formula is C13H11BrN2O3S. The van der Waals surface area contributed by atoms with Gasteiger partial charge in [-0.2, -0.15) is 0 Å². The summed E-state index contributed by atoms with van der Waals surface area (Å²) in [5, 5.41) is 0. The number of hydrogen-bond acceptors (Lipinski definition) is 3. The number of sulfonamides is 1. The van der Waals surface area contributed by atoms with Crippen molar-refractivity contribution in [2.45, 2.75) is 4.90 Å². The van der Waals surface area contributed by atoms with Crippen LogP contribution < -0.4 is 10.5 Å². The quantitative estimate of drug-likeness (QED) is 0.882. The van der Waals surface area contributed by atoms with Crippen LogP contribution in [0.1, 0.15) is 10.4 Å². The monoisotopic (exact) mass is 354 g/mol. The van der Waals surface area contributed by atoms with Crippen LogP contribution in [0.3, 0.4) is 0 Å². The molecule has 0 spiro atoms. The molecule has 3 N–H and O–H groups in total. The van der Waals surface area contributed by atoms with Crippen LogP contribution in [-0.4, -0.2) is 14.3 Å². The maximum Gasteiger partial charge on any atom is 0.263 e. The van der Waals surface area contributed by atoms with Crippen LogP contribution >= 0.6 is 15.9 Å². The molecule has 0 heterocycles. The number of benzene rings is 2. The fourth-order valence-electron chi connectivity index (χ4n) is 1.58. The third-order valence-electron chi connectivity index (χ3n) is 2.53. The molecule has 1 amide bonds. The van der Waals surface area contributed by atoms with Crippen molar-refractivity contribution in [1.29, 1.82) is 0 Å². The molecule has 0 fully saturated rings. The van der Waals surface area contributed by atoms with Crippen molar-refractivity contribution in [3.8, 4) is 0 Å². The summed E-state index contributed by atoms with van der Waals surface area (Å²) in [4.78, 5) is 11.1. The molecule has 0 aliphatic heterocycles. The number of amides is 1. The molecule has 0 bridgehead atoms. The first-order valence-corrected chi connectivity index (χ1v) is 7.85. The van der Waals surface area contributed by atoms with Gasteiger partial charge in [0.15, 0.2) is 0 Å². The van der Waals surface area contributed by atoms with Gasteiger partial charge in [-0.05, 0) is 46.3 Å². The molecule has 0 aromatic heterocycles. The highest BCUT2D eigenvalue weighted by atomic mass is 79.9. The highest BCUT2D eigenvalue weighted by Crippen LogP contribution is 2.25. The SMILES string of the molecule is NC(=O)c1ccc(Br)c(S(=O)(=O)Nc2ccccc2)c1. The molecule has 7 heteroatoms. The summed E-state index contributed by atoms with van der Waals surface area (Å²) in [6, 6.07) is 12.6.